The molecule has 0 aromatic heterocycles. The van der Waals surface area contributed by atoms with Gasteiger partial charge in [0.2, 0.25) is 0 Å². The first kappa shape index (κ1) is 12.0. The maximum atomic E-state index is 5.47. The van der Waals surface area contributed by atoms with Crippen LogP contribution in [0.3, 0.4) is 0 Å². The molecule has 0 radical (unpaired) electrons. The van der Waals surface area contributed by atoms with E-state index in [1.807, 2.05) is 25.1 Å². The standard InChI is InChI=1S/C11H18N2O2/c1-8-6-9(15-3)4-5-10(8)11(13-12)7-14-2/h4-6,11,13H,7,12H2,1-3H3. The molecule has 0 aliphatic carbocycles. The molecule has 84 valence electrons. The van der Waals surface area contributed by atoms with Crippen molar-refractivity contribution in [2.75, 3.05) is 20.8 Å². The molecule has 4 nitrogen and oxygen atoms in total. The smallest absolute Gasteiger partial charge is 0.119 e. The summed E-state index contributed by atoms with van der Waals surface area (Å²) in [6.07, 6.45) is 0. The second kappa shape index (κ2) is 5.70. The zero-order chi connectivity index (χ0) is 11.3. The number of aryl methyl sites for hydroxylation is 1. The lowest BCUT2D eigenvalue weighted by molar-refractivity contribution is 0.167. The molecule has 0 heterocycles. The Labute approximate surface area is 90.3 Å². The van der Waals surface area contributed by atoms with E-state index in [4.69, 9.17) is 15.3 Å². The van der Waals surface area contributed by atoms with E-state index in [1.165, 1.54) is 0 Å². The molecule has 0 aliphatic heterocycles. The highest BCUT2D eigenvalue weighted by Gasteiger charge is 2.12. The fraction of sp³-hybridized carbons (Fsp3) is 0.455. The maximum absolute atomic E-state index is 5.47. The molecule has 3 N–H and O–H groups in total. The van der Waals surface area contributed by atoms with Crippen molar-refractivity contribution in [3.05, 3.63) is 29.3 Å². The molecule has 0 saturated carbocycles. The summed E-state index contributed by atoms with van der Waals surface area (Å²) in [6, 6.07) is 5.91. The summed E-state index contributed by atoms with van der Waals surface area (Å²) in [5, 5.41) is 0. The Morgan fingerprint density at radius 1 is 1.40 bits per heavy atom. The van der Waals surface area contributed by atoms with Crippen LogP contribution in [0.25, 0.3) is 0 Å². The molecule has 4 heteroatoms. The van der Waals surface area contributed by atoms with Gasteiger partial charge in [0, 0.05) is 7.11 Å². The lowest BCUT2D eigenvalue weighted by Gasteiger charge is -2.18. The molecule has 0 amide bonds. The van der Waals surface area contributed by atoms with Crippen molar-refractivity contribution in [2.24, 2.45) is 5.84 Å². The number of ether oxygens (including phenoxy) is 2. The molecule has 0 saturated heterocycles. The van der Waals surface area contributed by atoms with Gasteiger partial charge in [-0.1, -0.05) is 6.07 Å². The van der Waals surface area contributed by atoms with Crippen LogP contribution in [0.4, 0.5) is 0 Å². The Bertz CT molecular complexity index is 315. The fourth-order valence-electron chi connectivity index (χ4n) is 1.56. The van der Waals surface area contributed by atoms with E-state index in [-0.39, 0.29) is 6.04 Å². The van der Waals surface area contributed by atoms with Crippen LogP contribution in [0.1, 0.15) is 17.2 Å². The molecule has 1 rings (SSSR count). The molecule has 1 aromatic rings. The number of hydrazine groups is 1. The third-order valence-corrected chi connectivity index (χ3v) is 2.39. The predicted octanol–water partition coefficient (Wildman–Crippen LogP) is 1.15. The van der Waals surface area contributed by atoms with E-state index in [1.54, 1.807) is 14.2 Å². The quantitative estimate of drug-likeness (QED) is 0.565. The molecule has 0 bridgehead atoms. The first-order valence-corrected chi connectivity index (χ1v) is 4.82. The van der Waals surface area contributed by atoms with E-state index in [9.17, 15) is 0 Å². The highest BCUT2D eigenvalue weighted by atomic mass is 16.5. The molecule has 0 aliphatic rings. The Kier molecular flexibility index (Phi) is 4.55. The van der Waals surface area contributed by atoms with Crippen LogP contribution < -0.4 is 16.0 Å². The zero-order valence-electron chi connectivity index (χ0n) is 9.41. The highest BCUT2D eigenvalue weighted by molar-refractivity contribution is 5.36. The van der Waals surface area contributed by atoms with Crippen molar-refractivity contribution < 1.29 is 9.47 Å². The number of benzene rings is 1. The van der Waals surface area contributed by atoms with Crippen molar-refractivity contribution in [2.45, 2.75) is 13.0 Å². The summed E-state index contributed by atoms with van der Waals surface area (Å²) >= 11 is 0. The average molecular weight is 210 g/mol. The van der Waals surface area contributed by atoms with E-state index in [0.29, 0.717) is 6.61 Å². The lowest BCUT2D eigenvalue weighted by Crippen LogP contribution is -2.31. The van der Waals surface area contributed by atoms with Gasteiger partial charge in [-0.25, -0.2) is 0 Å². The Balaban J connectivity index is 2.92. The number of nitrogens with two attached hydrogens (primary N) is 1. The van der Waals surface area contributed by atoms with Crippen LogP contribution >= 0.6 is 0 Å². The Morgan fingerprint density at radius 2 is 2.13 bits per heavy atom. The van der Waals surface area contributed by atoms with E-state index >= 15 is 0 Å². The number of nitrogens with one attached hydrogen (secondary N) is 1. The van der Waals surface area contributed by atoms with Gasteiger partial charge in [-0.3, -0.25) is 11.3 Å². The molecule has 0 spiro atoms. The van der Waals surface area contributed by atoms with Crippen LogP contribution in [0, 0.1) is 6.92 Å². The molecule has 1 unspecified atom stereocenters. The van der Waals surface area contributed by atoms with Gasteiger partial charge in [0.15, 0.2) is 0 Å². The molecular formula is C11H18N2O2. The molecule has 1 atom stereocenters. The van der Waals surface area contributed by atoms with Crippen molar-refractivity contribution in [1.29, 1.82) is 0 Å². The van der Waals surface area contributed by atoms with Crippen molar-refractivity contribution in [1.82, 2.24) is 5.43 Å². The molecule has 1 aromatic carbocycles. The van der Waals surface area contributed by atoms with Gasteiger partial charge in [0.25, 0.3) is 0 Å². The summed E-state index contributed by atoms with van der Waals surface area (Å²) in [4.78, 5) is 0. The lowest BCUT2D eigenvalue weighted by atomic mass is 10.0. The van der Waals surface area contributed by atoms with Crippen molar-refractivity contribution in [3.63, 3.8) is 0 Å². The first-order chi connectivity index (χ1) is 7.22. The average Bonchev–Trinajstić information content (AvgIpc) is 2.26. The molecule has 15 heavy (non-hydrogen) atoms. The van der Waals surface area contributed by atoms with Gasteiger partial charge in [-0.15, -0.1) is 0 Å². The minimum atomic E-state index is 0.0147. The number of rotatable bonds is 5. The monoisotopic (exact) mass is 210 g/mol. The summed E-state index contributed by atoms with van der Waals surface area (Å²) in [5.74, 6) is 6.32. The normalized spacial score (nSPS) is 12.5. The largest absolute Gasteiger partial charge is 0.497 e. The number of hydrogen-bond donors (Lipinski definition) is 2. The van der Waals surface area contributed by atoms with Crippen LogP contribution in [0.15, 0.2) is 18.2 Å². The summed E-state index contributed by atoms with van der Waals surface area (Å²) in [6.45, 7) is 2.57. The van der Waals surface area contributed by atoms with Crippen molar-refractivity contribution >= 4 is 0 Å². The Morgan fingerprint density at radius 3 is 2.60 bits per heavy atom. The third-order valence-electron chi connectivity index (χ3n) is 2.39. The van der Waals surface area contributed by atoms with Crippen LogP contribution in [-0.2, 0) is 4.74 Å². The minimum absolute atomic E-state index is 0.0147. The van der Waals surface area contributed by atoms with Crippen LogP contribution in [0.5, 0.6) is 5.75 Å². The minimum Gasteiger partial charge on any atom is -0.497 e. The van der Waals surface area contributed by atoms with E-state index < -0.39 is 0 Å². The van der Waals surface area contributed by atoms with Gasteiger partial charge in [0.1, 0.15) is 5.75 Å². The second-order valence-electron chi connectivity index (χ2n) is 3.40. The summed E-state index contributed by atoms with van der Waals surface area (Å²) < 4.78 is 10.2. The first-order valence-electron chi connectivity index (χ1n) is 4.82. The van der Waals surface area contributed by atoms with Crippen LogP contribution in [0.2, 0.25) is 0 Å². The van der Waals surface area contributed by atoms with Gasteiger partial charge in [0.05, 0.1) is 19.8 Å². The van der Waals surface area contributed by atoms with E-state index in [0.717, 1.165) is 16.9 Å². The number of hydrogen-bond acceptors (Lipinski definition) is 4. The molecular weight excluding hydrogens is 192 g/mol. The van der Waals surface area contributed by atoms with Crippen LogP contribution in [-0.4, -0.2) is 20.8 Å². The highest BCUT2D eigenvalue weighted by Crippen LogP contribution is 2.22. The third kappa shape index (κ3) is 2.92. The Hall–Kier alpha value is -1.10. The SMILES string of the molecule is COCC(NN)c1ccc(OC)cc1C. The number of methoxy groups -OCH3 is 2. The molecule has 0 fully saturated rings. The fourth-order valence-corrected chi connectivity index (χ4v) is 1.56. The second-order valence-corrected chi connectivity index (χ2v) is 3.40. The van der Waals surface area contributed by atoms with Gasteiger partial charge >= 0.3 is 0 Å². The summed E-state index contributed by atoms with van der Waals surface area (Å²) in [5.41, 5.74) is 4.99. The van der Waals surface area contributed by atoms with Gasteiger partial charge < -0.3 is 9.47 Å². The van der Waals surface area contributed by atoms with E-state index in [2.05, 4.69) is 5.43 Å². The topological polar surface area (TPSA) is 56.5 Å². The maximum Gasteiger partial charge on any atom is 0.119 e. The zero-order valence-corrected chi connectivity index (χ0v) is 9.41. The predicted molar refractivity (Wildman–Crippen MR) is 59.7 cm³/mol. The van der Waals surface area contributed by atoms with Gasteiger partial charge in [-0.2, -0.15) is 0 Å². The van der Waals surface area contributed by atoms with Gasteiger partial charge in [-0.05, 0) is 30.2 Å². The van der Waals surface area contributed by atoms with Crippen molar-refractivity contribution in [3.8, 4) is 5.75 Å². The summed E-state index contributed by atoms with van der Waals surface area (Å²) in [7, 11) is 3.31.